The molecule has 0 spiro atoms. The van der Waals surface area contributed by atoms with Gasteiger partial charge >= 0.3 is 5.97 Å². The summed E-state index contributed by atoms with van der Waals surface area (Å²) in [7, 11) is 0. The van der Waals surface area contributed by atoms with Gasteiger partial charge in [0.1, 0.15) is 5.60 Å². The Balaban J connectivity index is 1.80. The topological polar surface area (TPSA) is 38.8 Å². The van der Waals surface area contributed by atoms with Crippen LogP contribution in [0.25, 0.3) is 0 Å². The molecule has 0 saturated carbocycles. The standard InChI is InChI=1S/C20H30O3/c1-14-7-5-10-19(3)12-9-16(15(2)18(21)23-19)13-17-20(4,22-17)11-6-8-14/h8,16-17H,2,5-7,9-13H2,1,3-4H3/b14-8-/t16-,17+,19+,20+/m1/s1. The lowest BCUT2D eigenvalue weighted by Gasteiger charge is -2.28. The predicted molar refractivity (Wildman–Crippen MR) is 91.1 cm³/mol. The third kappa shape index (κ3) is 3.71. The molecule has 0 radical (unpaired) electrons. The zero-order chi connectivity index (χ0) is 16.7. The van der Waals surface area contributed by atoms with Crippen molar-refractivity contribution in [2.24, 2.45) is 5.92 Å². The second-order valence-corrected chi connectivity index (χ2v) is 8.20. The molecular formula is C20H30O3. The summed E-state index contributed by atoms with van der Waals surface area (Å²) in [5.41, 5.74) is 1.73. The normalized spacial score (nSPS) is 44.4. The molecule has 4 atom stereocenters. The van der Waals surface area contributed by atoms with E-state index < -0.39 is 0 Å². The molecule has 2 fully saturated rings. The molecule has 3 rings (SSSR count). The van der Waals surface area contributed by atoms with Crippen LogP contribution < -0.4 is 0 Å². The molecule has 2 bridgehead atoms. The fraction of sp³-hybridized carbons (Fsp3) is 0.750. The zero-order valence-electron chi connectivity index (χ0n) is 14.8. The molecule has 1 aliphatic carbocycles. The summed E-state index contributed by atoms with van der Waals surface area (Å²) >= 11 is 0. The fourth-order valence-corrected chi connectivity index (χ4v) is 4.11. The highest BCUT2D eigenvalue weighted by Gasteiger charge is 2.52. The van der Waals surface area contributed by atoms with E-state index in [1.165, 1.54) is 5.57 Å². The van der Waals surface area contributed by atoms with Crippen LogP contribution in [-0.4, -0.2) is 23.3 Å². The minimum atomic E-state index is -0.340. The molecule has 0 aromatic heterocycles. The molecule has 0 amide bonds. The van der Waals surface area contributed by atoms with Crippen LogP contribution in [-0.2, 0) is 14.3 Å². The first-order chi connectivity index (χ1) is 10.8. The zero-order valence-corrected chi connectivity index (χ0v) is 14.8. The van der Waals surface area contributed by atoms with E-state index in [1.54, 1.807) is 0 Å². The first-order valence-electron chi connectivity index (χ1n) is 9.07. The van der Waals surface area contributed by atoms with E-state index >= 15 is 0 Å². The Morgan fingerprint density at radius 2 is 2.04 bits per heavy atom. The van der Waals surface area contributed by atoms with Gasteiger partial charge in [0.2, 0.25) is 0 Å². The summed E-state index contributed by atoms with van der Waals surface area (Å²) in [6.45, 7) is 10.5. The average molecular weight is 318 g/mol. The van der Waals surface area contributed by atoms with Crippen LogP contribution in [0.5, 0.6) is 0 Å². The maximum atomic E-state index is 12.4. The van der Waals surface area contributed by atoms with Gasteiger partial charge in [0.15, 0.2) is 0 Å². The number of esters is 1. The van der Waals surface area contributed by atoms with Gasteiger partial charge < -0.3 is 9.47 Å². The highest BCUT2D eigenvalue weighted by atomic mass is 16.6. The minimum Gasteiger partial charge on any atom is -0.456 e. The molecule has 3 heteroatoms. The molecule has 128 valence electrons. The van der Waals surface area contributed by atoms with Crippen molar-refractivity contribution >= 4 is 5.97 Å². The van der Waals surface area contributed by atoms with Gasteiger partial charge in [-0.3, -0.25) is 0 Å². The van der Waals surface area contributed by atoms with Crippen LogP contribution in [0.3, 0.4) is 0 Å². The highest BCUT2D eigenvalue weighted by molar-refractivity contribution is 5.88. The summed E-state index contributed by atoms with van der Waals surface area (Å²) in [5.74, 6) is 0.0101. The lowest BCUT2D eigenvalue weighted by molar-refractivity contribution is -0.153. The number of hydrogen-bond donors (Lipinski definition) is 0. The summed E-state index contributed by atoms with van der Waals surface area (Å²) in [6.07, 6.45) is 10.7. The monoisotopic (exact) mass is 318 g/mol. The molecule has 0 unspecified atom stereocenters. The molecule has 0 N–H and O–H groups in total. The van der Waals surface area contributed by atoms with Crippen LogP contribution in [0.1, 0.15) is 72.1 Å². The van der Waals surface area contributed by atoms with Crippen molar-refractivity contribution in [3.63, 3.8) is 0 Å². The van der Waals surface area contributed by atoms with Gasteiger partial charge in [-0.1, -0.05) is 18.2 Å². The third-order valence-corrected chi connectivity index (χ3v) is 6.06. The first kappa shape index (κ1) is 16.8. The Kier molecular flexibility index (Phi) is 4.43. The molecule has 2 saturated heterocycles. The Bertz CT molecular complexity index is 535. The van der Waals surface area contributed by atoms with E-state index in [-0.39, 0.29) is 29.2 Å². The summed E-state index contributed by atoms with van der Waals surface area (Å²) in [5, 5.41) is 0. The Morgan fingerprint density at radius 3 is 2.83 bits per heavy atom. The maximum Gasteiger partial charge on any atom is 0.334 e. The van der Waals surface area contributed by atoms with E-state index in [1.807, 2.05) is 0 Å². The van der Waals surface area contributed by atoms with Gasteiger partial charge in [0.25, 0.3) is 0 Å². The van der Waals surface area contributed by atoms with E-state index in [2.05, 4.69) is 33.4 Å². The van der Waals surface area contributed by atoms with Crippen molar-refractivity contribution in [3.8, 4) is 0 Å². The molecule has 0 aromatic rings. The summed E-state index contributed by atoms with van der Waals surface area (Å²) < 4.78 is 11.8. The maximum absolute atomic E-state index is 12.4. The SMILES string of the molecule is C=C1C(=O)O[C@@]2(C)CCC/C(C)=C\CC[C@]3(C)O[C@H]3C[C@H]1CC2. The first-order valence-corrected chi connectivity index (χ1v) is 9.07. The number of rotatable bonds is 0. The largest absolute Gasteiger partial charge is 0.456 e. The molecule has 3 aliphatic rings. The third-order valence-electron chi connectivity index (χ3n) is 6.06. The molecule has 23 heavy (non-hydrogen) atoms. The van der Waals surface area contributed by atoms with Crippen molar-refractivity contribution in [1.29, 1.82) is 0 Å². The molecule has 2 heterocycles. The lowest BCUT2D eigenvalue weighted by atomic mass is 9.83. The molecule has 3 nitrogen and oxygen atoms in total. The van der Waals surface area contributed by atoms with Crippen LogP contribution in [0, 0.1) is 5.92 Å². The Hall–Kier alpha value is -1.09. The van der Waals surface area contributed by atoms with E-state index in [0.29, 0.717) is 5.57 Å². The number of carbonyl (C=O) groups is 1. The van der Waals surface area contributed by atoms with Gasteiger partial charge in [-0.05, 0) is 78.1 Å². The molecular weight excluding hydrogens is 288 g/mol. The summed E-state index contributed by atoms with van der Waals surface area (Å²) in [4.78, 5) is 12.4. The van der Waals surface area contributed by atoms with Crippen molar-refractivity contribution in [2.75, 3.05) is 0 Å². The number of carbonyl (C=O) groups excluding carboxylic acids is 1. The van der Waals surface area contributed by atoms with Crippen LogP contribution >= 0.6 is 0 Å². The number of hydrogen-bond acceptors (Lipinski definition) is 3. The number of epoxide rings is 1. The highest BCUT2D eigenvalue weighted by Crippen LogP contribution is 2.47. The Labute approximate surface area is 140 Å². The van der Waals surface area contributed by atoms with E-state index in [0.717, 1.165) is 51.4 Å². The molecule has 0 aromatic carbocycles. The lowest BCUT2D eigenvalue weighted by Crippen LogP contribution is -2.30. The number of ether oxygens (including phenoxy) is 2. The predicted octanol–water partition coefficient (Wildman–Crippen LogP) is 4.71. The second kappa shape index (κ2) is 6.08. The van der Waals surface area contributed by atoms with Crippen molar-refractivity contribution in [1.82, 2.24) is 0 Å². The van der Waals surface area contributed by atoms with Gasteiger partial charge in [0.05, 0.1) is 11.7 Å². The smallest absolute Gasteiger partial charge is 0.334 e. The van der Waals surface area contributed by atoms with E-state index in [4.69, 9.17) is 9.47 Å². The van der Waals surface area contributed by atoms with Crippen LogP contribution in [0.15, 0.2) is 23.8 Å². The van der Waals surface area contributed by atoms with Crippen LogP contribution in [0.4, 0.5) is 0 Å². The average Bonchev–Trinajstić information content (AvgIpc) is 3.13. The van der Waals surface area contributed by atoms with Gasteiger partial charge in [-0.2, -0.15) is 0 Å². The molecule has 2 aliphatic heterocycles. The Morgan fingerprint density at radius 1 is 1.26 bits per heavy atom. The quantitative estimate of drug-likeness (QED) is 0.281. The second-order valence-electron chi connectivity index (χ2n) is 8.20. The van der Waals surface area contributed by atoms with Crippen molar-refractivity contribution in [2.45, 2.75) is 89.4 Å². The van der Waals surface area contributed by atoms with Crippen molar-refractivity contribution in [3.05, 3.63) is 23.8 Å². The van der Waals surface area contributed by atoms with E-state index in [9.17, 15) is 4.79 Å². The fourth-order valence-electron chi connectivity index (χ4n) is 4.11. The number of allylic oxidation sites excluding steroid dienone is 2. The summed E-state index contributed by atoms with van der Waals surface area (Å²) in [6, 6.07) is 0. The van der Waals surface area contributed by atoms with Crippen molar-refractivity contribution < 1.29 is 14.3 Å². The van der Waals surface area contributed by atoms with Gasteiger partial charge in [-0.15, -0.1) is 0 Å². The van der Waals surface area contributed by atoms with Gasteiger partial charge in [-0.25, -0.2) is 4.79 Å². The van der Waals surface area contributed by atoms with Crippen LogP contribution in [0.2, 0.25) is 0 Å². The minimum absolute atomic E-state index is 0.0132. The van der Waals surface area contributed by atoms with Gasteiger partial charge in [0, 0.05) is 5.57 Å². The number of fused-ring (bicyclic) bond motifs is 4.